The molecule has 2 aromatic rings. The highest BCUT2D eigenvalue weighted by atomic mass is 16.7. The summed E-state index contributed by atoms with van der Waals surface area (Å²) < 4.78 is 16.0. The van der Waals surface area contributed by atoms with E-state index in [4.69, 9.17) is 14.2 Å². The number of nitrogens with zero attached hydrogens (tertiary/aromatic N) is 2. The minimum atomic E-state index is -0.498. The first kappa shape index (κ1) is 20.5. The lowest BCUT2D eigenvalue weighted by Crippen LogP contribution is -2.43. The molecule has 1 saturated heterocycles. The Morgan fingerprint density at radius 3 is 2.52 bits per heavy atom. The molecule has 0 radical (unpaired) electrons. The molecule has 0 saturated carbocycles. The summed E-state index contributed by atoms with van der Waals surface area (Å²) in [5.41, 5.74) is 0.601. The van der Waals surface area contributed by atoms with Gasteiger partial charge in [-0.05, 0) is 37.1 Å². The van der Waals surface area contributed by atoms with Crippen molar-refractivity contribution in [1.82, 2.24) is 4.90 Å². The fourth-order valence-corrected chi connectivity index (χ4v) is 3.51. The average Bonchev–Trinajstić information content (AvgIpc) is 3.25. The lowest BCUT2D eigenvalue weighted by molar-refractivity contribution is -0.384. The van der Waals surface area contributed by atoms with E-state index in [1.807, 2.05) is 0 Å². The zero-order valence-corrected chi connectivity index (χ0v) is 16.6. The highest BCUT2D eigenvalue weighted by Crippen LogP contribution is 2.34. The summed E-state index contributed by atoms with van der Waals surface area (Å²) in [7, 11) is 0. The maximum absolute atomic E-state index is 12.6. The molecule has 0 bridgehead atoms. The number of anilines is 1. The minimum Gasteiger partial charge on any atom is -0.484 e. The van der Waals surface area contributed by atoms with Crippen molar-refractivity contribution < 1.29 is 28.7 Å². The Balaban J connectivity index is 1.22. The van der Waals surface area contributed by atoms with Crippen LogP contribution in [0.3, 0.4) is 0 Å². The van der Waals surface area contributed by atoms with Crippen LogP contribution >= 0.6 is 0 Å². The van der Waals surface area contributed by atoms with Gasteiger partial charge in [-0.15, -0.1) is 0 Å². The SMILES string of the molecule is O=C(Nc1ccc2c(c1)OCO2)C1CCN(C(=O)COc2ccc([N+](=O)[O-])cc2)CC1. The third kappa shape index (κ3) is 4.85. The van der Waals surface area contributed by atoms with Crippen molar-refractivity contribution >= 4 is 23.2 Å². The monoisotopic (exact) mass is 427 g/mol. The molecule has 10 heteroatoms. The Kier molecular flexibility index (Phi) is 5.87. The number of nitro groups is 1. The summed E-state index contributed by atoms with van der Waals surface area (Å²) in [6, 6.07) is 10.8. The molecule has 2 heterocycles. The lowest BCUT2D eigenvalue weighted by Gasteiger charge is -2.31. The van der Waals surface area contributed by atoms with E-state index in [9.17, 15) is 19.7 Å². The largest absolute Gasteiger partial charge is 0.484 e. The molecule has 31 heavy (non-hydrogen) atoms. The summed E-state index contributed by atoms with van der Waals surface area (Å²) in [6.45, 7) is 0.933. The number of piperidine rings is 1. The van der Waals surface area contributed by atoms with E-state index in [2.05, 4.69) is 5.32 Å². The molecule has 0 spiro atoms. The quantitative estimate of drug-likeness (QED) is 0.556. The number of hydrogen-bond donors (Lipinski definition) is 1. The van der Waals surface area contributed by atoms with E-state index >= 15 is 0 Å². The van der Waals surface area contributed by atoms with Gasteiger partial charge in [-0.25, -0.2) is 0 Å². The van der Waals surface area contributed by atoms with Gasteiger partial charge in [0.15, 0.2) is 18.1 Å². The Morgan fingerprint density at radius 1 is 1.10 bits per heavy atom. The van der Waals surface area contributed by atoms with E-state index in [0.717, 1.165) is 0 Å². The van der Waals surface area contributed by atoms with Gasteiger partial charge in [0, 0.05) is 42.9 Å². The number of nitrogens with one attached hydrogen (secondary N) is 1. The van der Waals surface area contributed by atoms with E-state index < -0.39 is 4.92 Å². The molecular formula is C21H21N3O7. The Hall–Kier alpha value is -3.82. The second-order valence-electron chi connectivity index (χ2n) is 7.25. The standard InChI is InChI=1S/C21H21N3O7/c25-20(12-29-17-4-2-16(3-5-17)24(27)28)23-9-7-14(8-10-23)21(26)22-15-1-6-18-19(11-15)31-13-30-18/h1-6,11,14H,7-10,12-13H2,(H,22,26). The maximum atomic E-state index is 12.6. The van der Waals surface area contributed by atoms with E-state index in [0.29, 0.717) is 48.9 Å². The van der Waals surface area contributed by atoms with Gasteiger partial charge >= 0.3 is 0 Å². The van der Waals surface area contributed by atoms with Crippen molar-refractivity contribution in [1.29, 1.82) is 0 Å². The number of amides is 2. The molecule has 4 rings (SSSR count). The minimum absolute atomic E-state index is 0.0419. The number of likely N-dealkylation sites (tertiary alicyclic amines) is 1. The molecule has 1 fully saturated rings. The Morgan fingerprint density at radius 2 is 1.81 bits per heavy atom. The van der Waals surface area contributed by atoms with Crippen molar-refractivity contribution in [3.05, 3.63) is 52.6 Å². The molecule has 2 aliphatic heterocycles. The van der Waals surface area contributed by atoms with Crippen molar-refractivity contribution in [3.63, 3.8) is 0 Å². The van der Waals surface area contributed by atoms with Crippen LogP contribution in [0.1, 0.15) is 12.8 Å². The van der Waals surface area contributed by atoms with Crippen LogP contribution in [-0.2, 0) is 9.59 Å². The zero-order chi connectivity index (χ0) is 21.8. The second kappa shape index (κ2) is 8.90. The number of fused-ring (bicyclic) bond motifs is 1. The van der Waals surface area contributed by atoms with Gasteiger partial charge in [-0.1, -0.05) is 0 Å². The molecular weight excluding hydrogens is 406 g/mol. The van der Waals surface area contributed by atoms with Crippen LogP contribution in [0.5, 0.6) is 17.2 Å². The maximum Gasteiger partial charge on any atom is 0.269 e. The van der Waals surface area contributed by atoms with E-state index in [1.165, 1.54) is 24.3 Å². The third-order valence-corrected chi connectivity index (χ3v) is 5.27. The first-order valence-electron chi connectivity index (χ1n) is 9.85. The number of ether oxygens (including phenoxy) is 3. The number of nitro benzene ring substituents is 1. The molecule has 0 unspecified atom stereocenters. The molecule has 2 aromatic carbocycles. The number of carbonyl (C=O) groups is 2. The zero-order valence-electron chi connectivity index (χ0n) is 16.6. The van der Waals surface area contributed by atoms with Crippen LogP contribution in [0.15, 0.2) is 42.5 Å². The van der Waals surface area contributed by atoms with Crippen molar-refractivity contribution in [2.45, 2.75) is 12.8 Å². The molecule has 162 valence electrons. The topological polar surface area (TPSA) is 120 Å². The normalized spacial score (nSPS) is 15.4. The summed E-state index contributed by atoms with van der Waals surface area (Å²) >= 11 is 0. The summed E-state index contributed by atoms with van der Waals surface area (Å²) in [4.78, 5) is 36.8. The van der Waals surface area contributed by atoms with Crippen LogP contribution in [-0.4, -0.2) is 48.1 Å². The molecule has 2 aliphatic rings. The summed E-state index contributed by atoms with van der Waals surface area (Å²) in [5, 5.41) is 13.6. The van der Waals surface area contributed by atoms with Crippen molar-refractivity contribution in [2.24, 2.45) is 5.92 Å². The first-order valence-corrected chi connectivity index (χ1v) is 9.85. The number of non-ortho nitro benzene ring substituents is 1. The van der Waals surface area contributed by atoms with Crippen molar-refractivity contribution in [2.75, 3.05) is 31.8 Å². The molecule has 2 amide bonds. The molecule has 0 atom stereocenters. The Labute approximate surface area is 177 Å². The smallest absolute Gasteiger partial charge is 0.269 e. The summed E-state index contributed by atoms with van der Waals surface area (Å²) in [6.07, 6.45) is 1.11. The fraction of sp³-hybridized carbons (Fsp3) is 0.333. The Bertz CT molecular complexity index is 985. The highest BCUT2D eigenvalue weighted by Gasteiger charge is 2.28. The second-order valence-corrected chi connectivity index (χ2v) is 7.25. The lowest BCUT2D eigenvalue weighted by atomic mass is 9.95. The molecule has 0 aliphatic carbocycles. The van der Waals surface area contributed by atoms with Gasteiger partial charge in [0.2, 0.25) is 12.7 Å². The van der Waals surface area contributed by atoms with Crippen LogP contribution in [0.2, 0.25) is 0 Å². The fourth-order valence-electron chi connectivity index (χ4n) is 3.51. The van der Waals surface area contributed by atoms with Gasteiger partial charge in [-0.2, -0.15) is 0 Å². The van der Waals surface area contributed by atoms with Crippen LogP contribution in [0.25, 0.3) is 0 Å². The van der Waals surface area contributed by atoms with Gasteiger partial charge in [0.05, 0.1) is 4.92 Å². The highest BCUT2D eigenvalue weighted by molar-refractivity contribution is 5.93. The number of carbonyl (C=O) groups excluding carboxylic acids is 2. The van der Waals surface area contributed by atoms with Gasteiger partial charge < -0.3 is 24.4 Å². The van der Waals surface area contributed by atoms with Gasteiger partial charge in [-0.3, -0.25) is 19.7 Å². The van der Waals surface area contributed by atoms with E-state index in [-0.39, 0.29) is 36.8 Å². The number of rotatable bonds is 6. The van der Waals surface area contributed by atoms with Crippen LogP contribution in [0.4, 0.5) is 11.4 Å². The molecule has 0 aromatic heterocycles. The first-order chi connectivity index (χ1) is 15.0. The predicted molar refractivity (Wildman–Crippen MR) is 109 cm³/mol. The number of benzene rings is 2. The van der Waals surface area contributed by atoms with Gasteiger partial charge in [0.25, 0.3) is 11.6 Å². The number of hydrogen-bond acceptors (Lipinski definition) is 7. The van der Waals surface area contributed by atoms with Crippen molar-refractivity contribution in [3.8, 4) is 17.2 Å². The van der Waals surface area contributed by atoms with Crippen LogP contribution in [0, 0.1) is 16.0 Å². The van der Waals surface area contributed by atoms with Crippen LogP contribution < -0.4 is 19.5 Å². The average molecular weight is 427 g/mol. The van der Waals surface area contributed by atoms with E-state index in [1.54, 1.807) is 23.1 Å². The summed E-state index contributed by atoms with van der Waals surface area (Å²) in [5.74, 6) is 1.18. The molecule has 10 nitrogen and oxygen atoms in total. The molecule has 1 N–H and O–H groups in total. The predicted octanol–water partition coefficient (Wildman–Crippen LogP) is 2.58. The van der Waals surface area contributed by atoms with Gasteiger partial charge in [0.1, 0.15) is 5.75 Å². The third-order valence-electron chi connectivity index (χ3n) is 5.27.